The van der Waals surface area contributed by atoms with Crippen LogP contribution in [0.25, 0.3) is 0 Å². The SMILES string of the molecule is CCCCCC/C=C/CCC(Cl)CNc1ccccc1N1C(=O)CCC1=O. The fourth-order valence-electron chi connectivity index (χ4n) is 3.19. The summed E-state index contributed by atoms with van der Waals surface area (Å²) in [5.74, 6) is -0.276. The minimum absolute atomic E-state index is 0.00669. The van der Waals surface area contributed by atoms with Crippen LogP contribution in [0, 0.1) is 0 Å². The average molecular weight is 391 g/mol. The van der Waals surface area contributed by atoms with Gasteiger partial charge in [0.2, 0.25) is 11.8 Å². The number of benzene rings is 1. The summed E-state index contributed by atoms with van der Waals surface area (Å²) in [7, 11) is 0. The van der Waals surface area contributed by atoms with E-state index >= 15 is 0 Å². The molecule has 0 bridgehead atoms. The van der Waals surface area contributed by atoms with Crippen molar-refractivity contribution in [1.29, 1.82) is 0 Å². The number of para-hydroxylation sites is 2. The summed E-state index contributed by atoms with van der Waals surface area (Å²) in [6, 6.07) is 7.41. The molecule has 1 N–H and O–H groups in total. The number of nitrogens with zero attached hydrogens (tertiary/aromatic N) is 1. The molecule has 1 aromatic rings. The van der Waals surface area contributed by atoms with Gasteiger partial charge in [-0.15, -0.1) is 11.6 Å². The number of unbranched alkanes of at least 4 members (excludes halogenated alkanes) is 4. The van der Waals surface area contributed by atoms with Crippen molar-refractivity contribution in [1.82, 2.24) is 0 Å². The number of allylic oxidation sites excluding steroid dienone is 2. The van der Waals surface area contributed by atoms with E-state index in [2.05, 4.69) is 24.4 Å². The minimum Gasteiger partial charge on any atom is -0.382 e. The maximum atomic E-state index is 12.0. The second-order valence-corrected chi connectivity index (χ2v) is 7.63. The van der Waals surface area contributed by atoms with E-state index < -0.39 is 0 Å². The van der Waals surface area contributed by atoms with Crippen LogP contribution in [0.5, 0.6) is 0 Å². The Kier molecular flexibility index (Phi) is 9.40. The van der Waals surface area contributed by atoms with Crippen LogP contribution in [-0.4, -0.2) is 23.7 Å². The number of anilines is 2. The molecule has 1 fully saturated rings. The molecule has 1 aliphatic rings. The molecule has 0 radical (unpaired) electrons. The lowest BCUT2D eigenvalue weighted by Gasteiger charge is -2.20. The van der Waals surface area contributed by atoms with Crippen LogP contribution >= 0.6 is 11.6 Å². The van der Waals surface area contributed by atoms with E-state index in [1.165, 1.54) is 30.6 Å². The Morgan fingerprint density at radius 2 is 1.78 bits per heavy atom. The van der Waals surface area contributed by atoms with Gasteiger partial charge in [-0.25, -0.2) is 4.90 Å². The molecule has 148 valence electrons. The van der Waals surface area contributed by atoms with Crippen molar-refractivity contribution in [3.63, 3.8) is 0 Å². The van der Waals surface area contributed by atoms with Gasteiger partial charge in [-0.3, -0.25) is 9.59 Å². The molecule has 2 rings (SSSR count). The van der Waals surface area contributed by atoms with Crippen LogP contribution in [-0.2, 0) is 9.59 Å². The third-order valence-electron chi connectivity index (χ3n) is 4.75. The third kappa shape index (κ3) is 7.02. The molecular weight excluding hydrogens is 360 g/mol. The van der Waals surface area contributed by atoms with Crippen LogP contribution in [0.3, 0.4) is 0 Å². The quantitative estimate of drug-likeness (QED) is 0.216. The van der Waals surface area contributed by atoms with E-state index in [1.807, 2.05) is 18.2 Å². The van der Waals surface area contributed by atoms with Crippen LogP contribution in [0.2, 0.25) is 0 Å². The van der Waals surface area contributed by atoms with Crippen LogP contribution in [0.4, 0.5) is 11.4 Å². The summed E-state index contributed by atoms with van der Waals surface area (Å²) >= 11 is 6.44. The Bertz CT molecular complexity index is 629. The van der Waals surface area contributed by atoms with Gasteiger partial charge in [0.15, 0.2) is 0 Å². The lowest BCUT2D eigenvalue weighted by atomic mass is 10.1. The summed E-state index contributed by atoms with van der Waals surface area (Å²) < 4.78 is 0. The smallest absolute Gasteiger partial charge is 0.234 e. The number of imide groups is 1. The van der Waals surface area contributed by atoms with Gasteiger partial charge in [0.1, 0.15) is 0 Å². The fraction of sp³-hybridized carbons (Fsp3) is 0.545. The lowest BCUT2D eigenvalue weighted by Crippen LogP contribution is -2.29. The zero-order valence-corrected chi connectivity index (χ0v) is 17.0. The van der Waals surface area contributed by atoms with Gasteiger partial charge in [0.25, 0.3) is 0 Å². The first-order chi connectivity index (χ1) is 13.1. The number of carbonyl (C=O) groups excluding carboxylic acids is 2. The number of hydrogen-bond acceptors (Lipinski definition) is 3. The number of nitrogens with one attached hydrogen (secondary N) is 1. The van der Waals surface area contributed by atoms with E-state index in [-0.39, 0.29) is 30.0 Å². The Labute approximate surface area is 168 Å². The van der Waals surface area contributed by atoms with Crippen LogP contribution in [0.15, 0.2) is 36.4 Å². The summed E-state index contributed by atoms with van der Waals surface area (Å²) in [4.78, 5) is 25.3. The second-order valence-electron chi connectivity index (χ2n) is 7.02. The van der Waals surface area contributed by atoms with Gasteiger partial charge in [0.05, 0.1) is 16.8 Å². The standard InChI is InChI=1S/C22H31ClN2O2/c1-2-3-4-5-6-7-8-9-12-18(23)17-24-19-13-10-11-14-20(19)25-21(26)15-16-22(25)27/h7-8,10-11,13-14,18,24H,2-6,9,12,15-17H2,1H3/b8-7+. The molecule has 1 aromatic carbocycles. The van der Waals surface area contributed by atoms with Crippen LogP contribution < -0.4 is 10.2 Å². The fourth-order valence-corrected chi connectivity index (χ4v) is 3.39. The molecule has 2 amide bonds. The molecule has 27 heavy (non-hydrogen) atoms. The third-order valence-corrected chi connectivity index (χ3v) is 5.12. The van der Waals surface area contributed by atoms with Crippen molar-refractivity contribution in [2.75, 3.05) is 16.8 Å². The topological polar surface area (TPSA) is 49.4 Å². The first-order valence-corrected chi connectivity index (χ1v) is 10.5. The predicted molar refractivity (Wildman–Crippen MR) is 113 cm³/mol. The Morgan fingerprint density at radius 1 is 1.07 bits per heavy atom. The predicted octanol–water partition coefficient (Wildman–Crippen LogP) is 5.67. The highest BCUT2D eigenvalue weighted by Crippen LogP contribution is 2.30. The molecule has 1 heterocycles. The lowest BCUT2D eigenvalue weighted by molar-refractivity contribution is -0.121. The molecule has 0 spiro atoms. The van der Waals surface area contributed by atoms with Crippen molar-refractivity contribution in [2.45, 2.75) is 70.1 Å². The summed E-state index contributed by atoms with van der Waals surface area (Å²) in [5, 5.41) is 3.30. The molecule has 5 heteroatoms. The van der Waals surface area contributed by atoms with Gasteiger partial charge in [0, 0.05) is 19.4 Å². The van der Waals surface area contributed by atoms with E-state index in [4.69, 9.17) is 11.6 Å². The van der Waals surface area contributed by atoms with E-state index in [9.17, 15) is 9.59 Å². The first kappa shape index (κ1) is 21.5. The normalized spacial score (nSPS) is 15.7. The zero-order chi connectivity index (χ0) is 19.5. The molecule has 0 aliphatic carbocycles. The molecular formula is C22H31ClN2O2. The maximum absolute atomic E-state index is 12.0. The first-order valence-electron chi connectivity index (χ1n) is 10.1. The number of halogens is 1. The summed E-state index contributed by atoms with van der Waals surface area (Å²) in [6.45, 7) is 2.82. The Morgan fingerprint density at radius 3 is 2.52 bits per heavy atom. The molecule has 1 atom stereocenters. The molecule has 0 aromatic heterocycles. The summed E-state index contributed by atoms with van der Waals surface area (Å²) in [6.07, 6.45) is 13.2. The van der Waals surface area contributed by atoms with Gasteiger partial charge in [-0.05, 0) is 37.8 Å². The molecule has 1 unspecified atom stereocenters. The number of carbonyl (C=O) groups is 2. The summed E-state index contributed by atoms with van der Waals surface area (Å²) in [5.41, 5.74) is 1.40. The Hall–Kier alpha value is -1.81. The number of amides is 2. The number of hydrogen-bond donors (Lipinski definition) is 1. The monoisotopic (exact) mass is 390 g/mol. The Balaban J connectivity index is 1.76. The second kappa shape index (κ2) is 11.8. The van der Waals surface area contributed by atoms with Crippen molar-refractivity contribution in [2.24, 2.45) is 0 Å². The maximum Gasteiger partial charge on any atom is 0.234 e. The molecule has 0 saturated carbocycles. The van der Waals surface area contributed by atoms with Crippen LogP contribution in [0.1, 0.15) is 64.7 Å². The van der Waals surface area contributed by atoms with E-state index in [0.29, 0.717) is 12.2 Å². The minimum atomic E-state index is -0.138. The zero-order valence-electron chi connectivity index (χ0n) is 16.3. The van der Waals surface area contributed by atoms with Crippen molar-refractivity contribution >= 4 is 34.8 Å². The number of alkyl halides is 1. The van der Waals surface area contributed by atoms with Crippen molar-refractivity contribution in [3.05, 3.63) is 36.4 Å². The van der Waals surface area contributed by atoms with Gasteiger partial charge < -0.3 is 5.32 Å². The molecule has 4 nitrogen and oxygen atoms in total. The van der Waals surface area contributed by atoms with Crippen molar-refractivity contribution in [3.8, 4) is 0 Å². The average Bonchev–Trinajstić information content (AvgIpc) is 3.00. The van der Waals surface area contributed by atoms with Gasteiger partial charge in [-0.1, -0.05) is 50.5 Å². The highest BCUT2D eigenvalue weighted by molar-refractivity contribution is 6.22. The largest absolute Gasteiger partial charge is 0.382 e. The number of rotatable bonds is 12. The van der Waals surface area contributed by atoms with Crippen molar-refractivity contribution < 1.29 is 9.59 Å². The molecule has 1 aliphatic heterocycles. The van der Waals surface area contributed by atoms with Gasteiger partial charge in [-0.2, -0.15) is 0 Å². The van der Waals surface area contributed by atoms with Gasteiger partial charge >= 0.3 is 0 Å². The highest BCUT2D eigenvalue weighted by atomic mass is 35.5. The highest BCUT2D eigenvalue weighted by Gasteiger charge is 2.31. The van der Waals surface area contributed by atoms with E-state index in [1.54, 1.807) is 6.07 Å². The van der Waals surface area contributed by atoms with E-state index in [0.717, 1.165) is 24.9 Å². The molecule has 1 saturated heterocycles.